The highest BCUT2D eigenvalue weighted by Crippen LogP contribution is 2.57. The van der Waals surface area contributed by atoms with Gasteiger partial charge < -0.3 is 15.8 Å². The second-order valence-corrected chi connectivity index (χ2v) is 7.98. The Hall–Kier alpha value is -0.620. The molecule has 1 heterocycles. The van der Waals surface area contributed by atoms with Gasteiger partial charge in [-0.25, -0.2) is 0 Å². The van der Waals surface area contributed by atoms with E-state index in [-0.39, 0.29) is 23.3 Å². The van der Waals surface area contributed by atoms with E-state index in [0.717, 1.165) is 23.9 Å². The third kappa shape index (κ3) is 2.21. The SMILES string of the molecule is CC1(C)C2OCCCC2C1(N)C(=O)Nc1ccc(Cl)c(Br)c1. The number of amides is 1. The van der Waals surface area contributed by atoms with Gasteiger partial charge in [0.1, 0.15) is 5.54 Å². The Balaban J connectivity index is 1.83. The molecule has 4 nitrogen and oxygen atoms in total. The second-order valence-electron chi connectivity index (χ2n) is 6.71. The van der Waals surface area contributed by atoms with Gasteiger partial charge in [0.25, 0.3) is 0 Å². The molecule has 1 aliphatic carbocycles. The topological polar surface area (TPSA) is 64.3 Å². The van der Waals surface area contributed by atoms with Crippen molar-refractivity contribution >= 4 is 39.1 Å². The summed E-state index contributed by atoms with van der Waals surface area (Å²) in [5, 5.41) is 3.53. The molecule has 6 heteroatoms. The number of rotatable bonds is 2. The molecule has 0 spiro atoms. The van der Waals surface area contributed by atoms with Crippen molar-refractivity contribution in [2.45, 2.75) is 38.3 Å². The van der Waals surface area contributed by atoms with Gasteiger partial charge in [-0.15, -0.1) is 0 Å². The van der Waals surface area contributed by atoms with Crippen LogP contribution in [0.5, 0.6) is 0 Å². The van der Waals surface area contributed by atoms with Crippen molar-refractivity contribution in [3.63, 3.8) is 0 Å². The number of nitrogens with one attached hydrogen (secondary N) is 1. The minimum absolute atomic E-state index is 0.0638. The number of hydrogen-bond acceptors (Lipinski definition) is 3. The van der Waals surface area contributed by atoms with Gasteiger partial charge >= 0.3 is 0 Å². The molecule has 2 aliphatic rings. The molecule has 0 aromatic heterocycles. The molecule has 3 rings (SSSR count). The molecule has 2 fully saturated rings. The van der Waals surface area contributed by atoms with Gasteiger partial charge in [0.2, 0.25) is 5.91 Å². The van der Waals surface area contributed by atoms with E-state index < -0.39 is 5.54 Å². The van der Waals surface area contributed by atoms with E-state index in [1.54, 1.807) is 18.2 Å². The minimum atomic E-state index is -0.913. The lowest BCUT2D eigenvalue weighted by atomic mass is 9.46. The number of benzene rings is 1. The number of carbonyl (C=O) groups excluding carboxylic acids is 1. The van der Waals surface area contributed by atoms with Crippen LogP contribution in [0, 0.1) is 11.3 Å². The fraction of sp³-hybridized carbons (Fsp3) is 0.562. The fourth-order valence-corrected chi connectivity index (χ4v) is 4.34. The van der Waals surface area contributed by atoms with E-state index in [1.165, 1.54) is 0 Å². The zero-order valence-corrected chi connectivity index (χ0v) is 15.0. The van der Waals surface area contributed by atoms with Crippen LogP contribution < -0.4 is 11.1 Å². The van der Waals surface area contributed by atoms with E-state index in [0.29, 0.717) is 10.7 Å². The van der Waals surface area contributed by atoms with Crippen molar-refractivity contribution in [1.82, 2.24) is 0 Å². The molecule has 1 aromatic carbocycles. The summed E-state index contributed by atoms with van der Waals surface area (Å²) < 4.78 is 6.58. The molecule has 1 saturated heterocycles. The van der Waals surface area contributed by atoms with Gasteiger partial charge in [-0.05, 0) is 47.0 Å². The highest BCUT2D eigenvalue weighted by molar-refractivity contribution is 9.10. The average Bonchev–Trinajstić information content (AvgIpc) is 2.50. The van der Waals surface area contributed by atoms with Crippen LogP contribution in [0.1, 0.15) is 26.7 Å². The van der Waals surface area contributed by atoms with Crippen molar-refractivity contribution in [2.24, 2.45) is 17.1 Å². The maximum atomic E-state index is 12.8. The Bertz CT molecular complexity index is 622. The monoisotopic (exact) mass is 386 g/mol. The summed E-state index contributed by atoms with van der Waals surface area (Å²) in [5.74, 6) is -0.0783. The number of ether oxygens (including phenoxy) is 1. The standard InChI is InChI=1S/C16H20BrClN2O2/c1-15(2)13-10(4-3-7-22-13)16(15,19)14(21)20-9-5-6-12(18)11(17)8-9/h5-6,8,10,13H,3-4,7,19H2,1-2H3,(H,20,21). The number of nitrogens with two attached hydrogens (primary N) is 1. The van der Waals surface area contributed by atoms with Gasteiger partial charge in [-0.2, -0.15) is 0 Å². The lowest BCUT2D eigenvalue weighted by Gasteiger charge is -2.65. The van der Waals surface area contributed by atoms with Crippen molar-refractivity contribution in [3.8, 4) is 0 Å². The highest BCUT2D eigenvalue weighted by atomic mass is 79.9. The van der Waals surface area contributed by atoms with Gasteiger partial charge in [-0.3, -0.25) is 4.79 Å². The van der Waals surface area contributed by atoms with E-state index in [2.05, 4.69) is 21.2 Å². The third-order valence-electron chi connectivity index (χ3n) is 5.24. The number of halogens is 2. The molecule has 0 bridgehead atoms. The van der Waals surface area contributed by atoms with Gasteiger partial charge in [-0.1, -0.05) is 25.4 Å². The average molecular weight is 388 g/mol. The van der Waals surface area contributed by atoms with Gasteiger partial charge in [0.15, 0.2) is 0 Å². The van der Waals surface area contributed by atoms with Crippen molar-refractivity contribution in [1.29, 1.82) is 0 Å². The van der Waals surface area contributed by atoms with Gasteiger partial charge in [0.05, 0.1) is 11.1 Å². The van der Waals surface area contributed by atoms with E-state index in [1.807, 2.05) is 13.8 Å². The lowest BCUT2D eigenvalue weighted by molar-refractivity contribution is -0.222. The third-order valence-corrected chi connectivity index (χ3v) is 6.45. The lowest BCUT2D eigenvalue weighted by Crippen LogP contribution is -2.81. The molecule has 22 heavy (non-hydrogen) atoms. The zero-order chi connectivity index (χ0) is 16.1. The Kier molecular flexibility index (Phi) is 4.05. The number of carbonyl (C=O) groups is 1. The molecular weight excluding hydrogens is 368 g/mol. The minimum Gasteiger partial charge on any atom is -0.377 e. The van der Waals surface area contributed by atoms with Crippen LogP contribution >= 0.6 is 27.5 Å². The summed E-state index contributed by atoms with van der Waals surface area (Å²) in [6, 6.07) is 5.29. The number of anilines is 1. The zero-order valence-electron chi connectivity index (χ0n) is 12.7. The van der Waals surface area contributed by atoms with Crippen LogP contribution in [-0.4, -0.2) is 24.2 Å². The van der Waals surface area contributed by atoms with Crippen LogP contribution in [-0.2, 0) is 9.53 Å². The molecule has 1 aromatic rings. The first-order chi connectivity index (χ1) is 10.3. The normalized spacial score (nSPS) is 32.8. The molecule has 0 radical (unpaired) electrons. The molecule has 3 atom stereocenters. The summed E-state index contributed by atoms with van der Waals surface area (Å²) >= 11 is 9.34. The highest BCUT2D eigenvalue weighted by Gasteiger charge is 2.70. The van der Waals surface area contributed by atoms with Crippen molar-refractivity contribution in [2.75, 3.05) is 11.9 Å². The Labute approximate surface area is 143 Å². The molecule has 1 aliphatic heterocycles. The predicted molar refractivity (Wildman–Crippen MR) is 90.9 cm³/mol. The smallest absolute Gasteiger partial charge is 0.245 e. The molecule has 1 amide bonds. The first kappa shape index (κ1) is 16.2. The first-order valence-electron chi connectivity index (χ1n) is 7.45. The maximum absolute atomic E-state index is 12.8. The molecule has 1 saturated carbocycles. The van der Waals surface area contributed by atoms with Crippen molar-refractivity contribution < 1.29 is 9.53 Å². The summed E-state index contributed by atoms with van der Waals surface area (Å²) in [6.45, 7) is 4.78. The van der Waals surface area contributed by atoms with Crippen molar-refractivity contribution in [3.05, 3.63) is 27.7 Å². The first-order valence-corrected chi connectivity index (χ1v) is 8.62. The Morgan fingerprint density at radius 1 is 1.50 bits per heavy atom. The summed E-state index contributed by atoms with van der Waals surface area (Å²) in [7, 11) is 0. The van der Waals surface area contributed by atoms with Crippen LogP contribution in [0.25, 0.3) is 0 Å². The quantitative estimate of drug-likeness (QED) is 0.815. The summed E-state index contributed by atoms with van der Waals surface area (Å²) in [4.78, 5) is 12.8. The second kappa shape index (κ2) is 5.48. The number of fused-ring (bicyclic) bond motifs is 1. The predicted octanol–water partition coefficient (Wildman–Crippen LogP) is 3.57. The van der Waals surface area contributed by atoms with Crippen LogP contribution in [0.4, 0.5) is 5.69 Å². The van der Waals surface area contributed by atoms with Gasteiger partial charge in [0, 0.05) is 28.1 Å². The Morgan fingerprint density at radius 3 is 2.91 bits per heavy atom. The Morgan fingerprint density at radius 2 is 2.23 bits per heavy atom. The maximum Gasteiger partial charge on any atom is 0.245 e. The van der Waals surface area contributed by atoms with Crippen LogP contribution in [0.3, 0.4) is 0 Å². The van der Waals surface area contributed by atoms with E-state index >= 15 is 0 Å². The number of hydrogen-bond donors (Lipinski definition) is 2. The molecular formula is C16H20BrClN2O2. The molecule has 3 N–H and O–H groups in total. The molecule has 120 valence electrons. The summed E-state index contributed by atoms with van der Waals surface area (Å²) in [6.07, 6.45) is 1.95. The fourth-order valence-electron chi connectivity index (χ4n) is 3.85. The van der Waals surface area contributed by atoms with Crippen LogP contribution in [0.2, 0.25) is 5.02 Å². The van der Waals surface area contributed by atoms with E-state index in [4.69, 9.17) is 22.1 Å². The largest absolute Gasteiger partial charge is 0.377 e. The summed E-state index contributed by atoms with van der Waals surface area (Å²) in [5.41, 5.74) is 5.95. The molecule has 3 unspecified atom stereocenters. The van der Waals surface area contributed by atoms with E-state index in [9.17, 15) is 4.79 Å². The van der Waals surface area contributed by atoms with Crippen LogP contribution in [0.15, 0.2) is 22.7 Å².